The van der Waals surface area contributed by atoms with Crippen molar-refractivity contribution in [3.8, 4) is 0 Å². The lowest BCUT2D eigenvalue weighted by Gasteiger charge is -2.47. The lowest BCUT2D eigenvalue weighted by atomic mass is 9.78. The molecule has 64 heavy (non-hydrogen) atoms. The summed E-state index contributed by atoms with van der Waals surface area (Å²) in [7, 11) is 2.63. The monoisotopic (exact) mass is 904 g/mol. The van der Waals surface area contributed by atoms with Crippen LogP contribution in [-0.4, -0.2) is 133 Å². The number of hydrogen-bond donors (Lipinski definition) is 5. The fourth-order valence-corrected chi connectivity index (χ4v) is 9.69. The average molecular weight is 904 g/mol. The molecule has 0 aromatic carbocycles. The lowest BCUT2D eigenvalue weighted by molar-refractivity contribution is -0.298. The molecule has 5 aliphatic heterocycles. The summed E-state index contributed by atoms with van der Waals surface area (Å²) in [5, 5.41) is 41.2. The third-order valence-electron chi connectivity index (χ3n) is 13.3. The average Bonchev–Trinajstić information content (AvgIpc) is 3.62. The van der Waals surface area contributed by atoms with E-state index in [1.807, 2.05) is 45.1 Å². The number of methoxy groups -OCH3 is 1. The van der Waals surface area contributed by atoms with Gasteiger partial charge in [-0.15, -0.1) is 0 Å². The molecule has 0 radical (unpaired) electrons. The minimum Gasteiger partial charge on any atom is -0.453 e. The second kappa shape index (κ2) is 25.4. The second-order valence-electron chi connectivity index (χ2n) is 18.7. The molecule has 364 valence electrons. The highest BCUT2D eigenvalue weighted by Gasteiger charge is 2.55. The molecule has 6 rings (SSSR count). The number of hydrogen-bond acceptors (Lipinski definition) is 14. The molecule has 0 aromatic heterocycles. The Morgan fingerprint density at radius 1 is 1.09 bits per heavy atom. The molecule has 1 aliphatic carbocycles. The largest absolute Gasteiger partial charge is 0.453 e. The molecule has 5 heterocycles. The van der Waals surface area contributed by atoms with Gasteiger partial charge in [-0.05, 0) is 70.4 Å². The van der Waals surface area contributed by atoms with Gasteiger partial charge in [-0.2, -0.15) is 0 Å². The van der Waals surface area contributed by atoms with E-state index >= 15 is 0 Å². The van der Waals surface area contributed by atoms with Crippen LogP contribution in [0.15, 0.2) is 71.5 Å². The van der Waals surface area contributed by atoms with Crippen molar-refractivity contribution >= 4 is 6.47 Å². The number of nitrogens with one attached hydrogen (secondary N) is 1. The van der Waals surface area contributed by atoms with Crippen LogP contribution in [0.3, 0.4) is 0 Å². The van der Waals surface area contributed by atoms with Crippen molar-refractivity contribution in [1.82, 2.24) is 5.32 Å². The Morgan fingerprint density at radius 2 is 1.84 bits per heavy atom. The van der Waals surface area contributed by atoms with Gasteiger partial charge in [0.25, 0.3) is 6.47 Å². The smallest absolute Gasteiger partial charge is 0.294 e. The van der Waals surface area contributed by atoms with Crippen LogP contribution in [0.5, 0.6) is 0 Å². The summed E-state index contributed by atoms with van der Waals surface area (Å²) in [6.45, 7) is 21.8. The predicted molar refractivity (Wildman–Crippen MR) is 245 cm³/mol. The summed E-state index contributed by atoms with van der Waals surface area (Å²) in [5.41, 5.74) is 2.96. The Balaban J connectivity index is 0.000000327. The van der Waals surface area contributed by atoms with Gasteiger partial charge in [0.05, 0.1) is 43.7 Å². The van der Waals surface area contributed by atoms with Crippen LogP contribution < -0.4 is 5.32 Å². The van der Waals surface area contributed by atoms with E-state index < -0.39 is 36.0 Å². The molecule has 6 aliphatic rings. The van der Waals surface area contributed by atoms with E-state index in [0.29, 0.717) is 63.2 Å². The Morgan fingerprint density at radius 3 is 2.50 bits per heavy atom. The minimum atomic E-state index is -0.949. The van der Waals surface area contributed by atoms with Crippen LogP contribution in [0, 0.1) is 17.8 Å². The highest BCUT2D eigenvalue weighted by molar-refractivity contribution is 5.45. The van der Waals surface area contributed by atoms with Crippen molar-refractivity contribution in [2.75, 3.05) is 27.4 Å². The van der Waals surface area contributed by atoms with Gasteiger partial charge in [0.1, 0.15) is 18.3 Å². The van der Waals surface area contributed by atoms with Crippen molar-refractivity contribution in [1.29, 1.82) is 0 Å². The number of fused-ring (bicyclic) bond motifs is 1. The van der Waals surface area contributed by atoms with Crippen molar-refractivity contribution in [3.63, 3.8) is 0 Å². The highest BCUT2D eigenvalue weighted by Crippen LogP contribution is 2.44. The second-order valence-corrected chi connectivity index (χ2v) is 18.7. The molecular weight excluding hydrogens is 823 g/mol. The summed E-state index contributed by atoms with van der Waals surface area (Å²) in [6.07, 6.45) is 17.4. The zero-order valence-corrected chi connectivity index (χ0v) is 40.2. The van der Waals surface area contributed by atoms with Gasteiger partial charge in [0, 0.05) is 69.6 Å². The molecule has 0 bridgehead atoms. The number of ether oxygens (including phenoxy) is 8. The summed E-state index contributed by atoms with van der Waals surface area (Å²) in [5.74, 6) is 0.187. The third-order valence-corrected chi connectivity index (χ3v) is 13.3. The van der Waals surface area contributed by atoms with Gasteiger partial charge < -0.3 is 63.6 Å². The number of rotatable bonds is 15. The minimum absolute atomic E-state index is 0.0844. The van der Waals surface area contributed by atoms with Crippen LogP contribution in [0.2, 0.25) is 0 Å². The quantitative estimate of drug-likeness (QED) is 0.0890. The van der Waals surface area contributed by atoms with E-state index in [1.165, 1.54) is 5.57 Å². The molecule has 5 N–H and O–H groups in total. The normalized spacial score (nSPS) is 39.1. The molecule has 4 saturated heterocycles. The number of carbonyl (C=O) groups is 1. The standard InChI is InChI=1S/C34H50O7.C15H27NO5.CH4O/c1-7-24(4)31-26(6)13-15-33(41-31)19-28(36)18-29(40-33)12-11-23(3)17-22(2)9-8-10-27-20-38-32-30(37)25(5)14-16-34(27,32)39-21-35;1-9(2)16-11-5-6-14(19-8-11)21-15-10(3)20-13(17)7-12(15)18-4;1-2/h8-11,13-15,21-22,24,26,28-32,36-37H,7,12,16-20H2,1-6H3;10-17H,1,5-8H2,2-4H3;2H,1H3/b9-8+,23-11+,27-10+;;/t22-,24-,26?,28?,29?,30?,31?,32+,33?,34-;10?,11?,12?,13-,14?,15+;/m01./s1. The number of carbonyl (C=O) groups excluding carboxylic acids is 1. The van der Waals surface area contributed by atoms with Crippen LogP contribution in [-0.2, 0) is 42.7 Å². The van der Waals surface area contributed by atoms with Crippen LogP contribution in [0.4, 0.5) is 0 Å². The predicted octanol–water partition coefficient (Wildman–Crippen LogP) is 6.48. The molecule has 4 fully saturated rings. The first-order chi connectivity index (χ1) is 30.5. The summed E-state index contributed by atoms with van der Waals surface area (Å²) in [6, 6.07) is 0.294. The van der Waals surface area contributed by atoms with Gasteiger partial charge in [0.15, 0.2) is 24.0 Å². The van der Waals surface area contributed by atoms with E-state index in [0.717, 1.165) is 56.1 Å². The van der Waals surface area contributed by atoms with Crippen LogP contribution in [0.1, 0.15) is 113 Å². The fourth-order valence-electron chi connectivity index (χ4n) is 9.69. The van der Waals surface area contributed by atoms with Crippen LogP contribution >= 0.6 is 0 Å². The molecular formula is C50H81NO13. The summed E-state index contributed by atoms with van der Waals surface area (Å²) < 4.78 is 47.1. The molecule has 14 heteroatoms. The maximum Gasteiger partial charge on any atom is 0.294 e. The molecule has 0 amide bonds. The van der Waals surface area contributed by atoms with Crippen molar-refractivity contribution in [3.05, 3.63) is 71.5 Å². The number of aliphatic hydroxyl groups is 4. The van der Waals surface area contributed by atoms with Crippen LogP contribution in [0.25, 0.3) is 0 Å². The molecule has 16 atom stereocenters. The van der Waals surface area contributed by atoms with Gasteiger partial charge in [-0.3, -0.25) is 4.79 Å². The van der Waals surface area contributed by atoms with Gasteiger partial charge in [-0.1, -0.05) is 82.7 Å². The van der Waals surface area contributed by atoms with E-state index in [9.17, 15) is 20.1 Å². The summed E-state index contributed by atoms with van der Waals surface area (Å²) in [4.78, 5) is 11.3. The fraction of sp³-hybridized carbons (Fsp3) is 0.740. The molecule has 1 spiro atoms. The zero-order valence-electron chi connectivity index (χ0n) is 40.2. The number of allylic oxidation sites excluding steroid dienone is 5. The van der Waals surface area contributed by atoms with E-state index in [4.69, 9.17) is 43.0 Å². The first kappa shape index (κ1) is 53.9. The highest BCUT2D eigenvalue weighted by atomic mass is 16.7. The van der Waals surface area contributed by atoms with Gasteiger partial charge in [0.2, 0.25) is 0 Å². The number of aliphatic hydroxyl groups excluding tert-OH is 4. The zero-order chi connectivity index (χ0) is 47.2. The maximum atomic E-state index is 11.3. The Bertz CT molecular complexity index is 1620. The van der Waals surface area contributed by atoms with E-state index in [1.54, 1.807) is 7.11 Å². The SMILES string of the molecule is C=C(C)NC1CCC(O[C@H]2C(C)O[C@@H](O)CC2OC)OC1.CC[C@H](C)C1OC2(C=CC1C)CC(O)CC(C/C=C(\C)C[C@@H](C)/C=C/C=C1\CO[C@@H]3C(O)C(C)=CC[C@]13OC=O)O2.CO. The molecule has 0 saturated carbocycles. The molecule has 0 aromatic rings. The van der Waals surface area contributed by atoms with Gasteiger partial charge >= 0.3 is 0 Å². The van der Waals surface area contributed by atoms with Crippen molar-refractivity contribution < 1.29 is 63.1 Å². The van der Waals surface area contributed by atoms with E-state index in [-0.39, 0.29) is 42.7 Å². The first-order valence-corrected chi connectivity index (χ1v) is 23.4. The lowest BCUT2D eigenvalue weighted by Crippen LogP contribution is -2.52. The van der Waals surface area contributed by atoms with Crippen molar-refractivity contribution in [2.24, 2.45) is 17.8 Å². The Kier molecular flexibility index (Phi) is 21.4. The first-order valence-electron chi connectivity index (χ1n) is 23.4. The van der Waals surface area contributed by atoms with E-state index in [2.05, 4.69) is 64.7 Å². The molecule has 10 unspecified atom stereocenters. The summed E-state index contributed by atoms with van der Waals surface area (Å²) >= 11 is 0. The Labute approximate surface area is 382 Å². The third kappa shape index (κ3) is 14.4. The maximum absolute atomic E-state index is 11.3. The van der Waals surface area contributed by atoms with Gasteiger partial charge in [-0.25, -0.2) is 0 Å². The molecule has 14 nitrogen and oxygen atoms in total. The Hall–Kier alpha value is -2.73. The topological polar surface area (TPSA) is 184 Å². The van der Waals surface area contributed by atoms with Crippen molar-refractivity contribution in [2.45, 2.75) is 192 Å².